The standard InChI is InChI=1S/C14H19F2N3O3S/c1-3-22-12(20)10-11(19-13(21)17-7-8-4-5-8)23-9(18-10)6-14(2,15)16/h8H,3-7H2,1-2H3,(H2,17,19,21). The Labute approximate surface area is 136 Å². The average molecular weight is 347 g/mol. The zero-order valence-electron chi connectivity index (χ0n) is 12.9. The maximum absolute atomic E-state index is 13.1. The predicted molar refractivity (Wildman–Crippen MR) is 82.1 cm³/mol. The molecule has 2 amide bonds. The Bertz CT molecular complexity index is 582. The summed E-state index contributed by atoms with van der Waals surface area (Å²) in [6, 6.07) is -0.485. The van der Waals surface area contributed by atoms with Gasteiger partial charge in [-0.25, -0.2) is 23.4 Å². The van der Waals surface area contributed by atoms with Gasteiger partial charge in [-0.2, -0.15) is 0 Å². The number of nitrogens with zero attached hydrogens (tertiary/aromatic N) is 1. The Hall–Kier alpha value is -1.77. The summed E-state index contributed by atoms with van der Waals surface area (Å²) in [6.45, 7) is 3.08. The molecule has 1 aromatic rings. The predicted octanol–water partition coefficient (Wildman–Crippen LogP) is 3.05. The highest BCUT2D eigenvalue weighted by atomic mass is 32.1. The molecule has 0 unspecified atom stereocenters. The number of amides is 2. The van der Waals surface area contributed by atoms with Crippen LogP contribution in [0, 0.1) is 5.92 Å². The summed E-state index contributed by atoms with van der Waals surface area (Å²) in [5, 5.41) is 5.37. The number of nitrogens with one attached hydrogen (secondary N) is 2. The van der Waals surface area contributed by atoms with E-state index < -0.39 is 24.3 Å². The van der Waals surface area contributed by atoms with Gasteiger partial charge in [-0.05, 0) is 32.6 Å². The molecule has 9 heteroatoms. The summed E-state index contributed by atoms with van der Waals surface area (Å²) in [4.78, 5) is 27.6. The second kappa shape index (κ2) is 7.20. The van der Waals surface area contributed by atoms with E-state index in [-0.39, 0.29) is 22.3 Å². The number of anilines is 1. The first-order valence-electron chi connectivity index (χ1n) is 7.38. The fourth-order valence-electron chi connectivity index (χ4n) is 1.83. The van der Waals surface area contributed by atoms with Crippen molar-refractivity contribution in [2.75, 3.05) is 18.5 Å². The van der Waals surface area contributed by atoms with Crippen molar-refractivity contribution in [1.82, 2.24) is 10.3 Å². The van der Waals surface area contributed by atoms with Crippen LogP contribution in [0.2, 0.25) is 0 Å². The van der Waals surface area contributed by atoms with Gasteiger partial charge in [-0.1, -0.05) is 0 Å². The molecule has 1 fully saturated rings. The number of thiazole rings is 1. The number of urea groups is 1. The van der Waals surface area contributed by atoms with Crippen LogP contribution in [-0.4, -0.2) is 36.1 Å². The molecule has 1 saturated carbocycles. The van der Waals surface area contributed by atoms with Gasteiger partial charge in [0.25, 0.3) is 5.92 Å². The first-order chi connectivity index (χ1) is 10.8. The maximum atomic E-state index is 13.1. The number of carbonyl (C=O) groups excluding carboxylic acids is 2. The average Bonchev–Trinajstić information content (AvgIpc) is 3.18. The molecule has 1 aliphatic rings. The van der Waals surface area contributed by atoms with E-state index in [0.717, 1.165) is 31.1 Å². The van der Waals surface area contributed by atoms with E-state index in [9.17, 15) is 18.4 Å². The Morgan fingerprint density at radius 2 is 2.13 bits per heavy atom. The van der Waals surface area contributed by atoms with Crippen molar-refractivity contribution in [2.45, 2.75) is 39.0 Å². The van der Waals surface area contributed by atoms with Crippen molar-refractivity contribution in [3.63, 3.8) is 0 Å². The van der Waals surface area contributed by atoms with E-state index in [1.165, 1.54) is 0 Å². The van der Waals surface area contributed by atoms with Gasteiger partial charge in [0.05, 0.1) is 13.0 Å². The van der Waals surface area contributed by atoms with Crippen LogP contribution < -0.4 is 10.6 Å². The fraction of sp³-hybridized carbons (Fsp3) is 0.643. The van der Waals surface area contributed by atoms with E-state index in [2.05, 4.69) is 15.6 Å². The molecule has 0 radical (unpaired) electrons. The summed E-state index contributed by atoms with van der Waals surface area (Å²) in [6.07, 6.45) is 1.57. The van der Waals surface area contributed by atoms with Crippen LogP contribution in [0.15, 0.2) is 0 Å². The van der Waals surface area contributed by atoms with Gasteiger partial charge in [0.15, 0.2) is 5.69 Å². The molecule has 23 heavy (non-hydrogen) atoms. The minimum atomic E-state index is -2.95. The third-order valence-corrected chi connectivity index (χ3v) is 4.05. The molecule has 0 bridgehead atoms. The molecule has 0 saturated heterocycles. The Morgan fingerprint density at radius 1 is 1.43 bits per heavy atom. The SMILES string of the molecule is CCOC(=O)c1nc(CC(C)(F)F)sc1NC(=O)NCC1CC1. The molecule has 1 aromatic heterocycles. The van der Waals surface area contributed by atoms with Gasteiger partial charge in [-0.15, -0.1) is 11.3 Å². The van der Waals surface area contributed by atoms with Crippen molar-refractivity contribution in [1.29, 1.82) is 0 Å². The minimum Gasteiger partial charge on any atom is -0.461 e. The molecule has 1 aliphatic carbocycles. The van der Waals surface area contributed by atoms with Crippen LogP contribution in [0.25, 0.3) is 0 Å². The molecule has 0 aliphatic heterocycles. The van der Waals surface area contributed by atoms with Gasteiger partial charge in [-0.3, -0.25) is 5.32 Å². The number of hydrogen-bond donors (Lipinski definition) is 2. The summed E-state index contributed by atoms with van der Waals surface area (Å²) in [5.41, 5.74) is -0.141. The van der Waals surface area contributed by atoms with Gasteiger partial charge in [0, 0.05) is 6.54 Å². The number of carbonyl (C=O) groups is 2. The molecule has 0 atom stereocenters. The summed E-state index contributed by atoms with van der Waals surface area (Å²) in [5.74, 6) is -3.19. The molecule has 0 aromatic carbocycles. The van der Waals surface area contributed by atoms with Gasteiger partial charge < -0.3 is 10.1 Å². The molecule has 6 nitrogen and oxygen atoms in total. The van der Waals surface area contributed by atoms with Crippen LogP contribution in [0.1, 0.15) is 42.2 Å². The van der Waals surface area contributed by atoms with Crippen molar-refractivity contribution < 1.29 is 23.1 Å². The van der Waals surface area contributed by atoms with Crippen LogP contribution in [0.5, 0.6) is 0 Å². The normalized spacial score (nSPS) is 14.4. The number of ether oxygens (including phenoxy) is 1. The van der Waals surface area contributed by atoms with Crippen LogP contribution in [-0.2, 0) is 11.2 Å². The lowest BCUT2D eigenvalue weighted by Crippen LogP contribution is -2.30. The number of alkyl halides is 2. The Kier molecular flexibility index (Phi) is 5.51. The molecule has 0 spiro atoms. The van der Waals surface area contributed by atoms with E-state index in [1.54, 1.807) is 6.92 Å². The molecule has 128 valence electrons. The van der Waals surface area contributed by atoms with Crippen LogP contribution >= 0.6 is 11.3 Å². The Balaban J connectivity index is 2.09. The minimum absolute atomic E-state index is 0.0676. The van der Waals surface area contributed by atoms with Crippen molar-refractivity contribution in [2.24, 2.45) is 5.92 Å². The third-order valence-electron chi connectivity index (χ3n) is 3.08. The highest BCUT2D eigenvalue weighted by Crippen LogP contribution is 2.30. The van der Waals surface area contributed by atoms with Crippen LogP contribution in [0.4, 0.5) is 18.6 Å². The molecular weight excluding hydrogens is 328 g/mol. The van der Waals surface area contributed by atoms with E-state index >= 15 is 0 Å². The highest BCUT2D eigenvalue weighted by molar-refractivity contribution is 7.16. The van der Waals surface area contributed by atoms with E-state index in [0.29, 0.717) is 12.5 Å². The first-order valence-corrected chi connectivity index (χ1v) is 8.19. The zero-order chi connectivity index (χ0) is 17.0. The van der Waals surface area contributed by atoms with Gasteiger partial charge in [0.1, 0.15) is 10.0 Å². The van der Waals surface area contributed by atoms with Crippen molar-refractivity contribution >= 4 is 28.3 Å². The zero-order valence-corrected chi connectivity index (χ0v) is 13.8. The monoisotopic (exact) mass is 347 g/mol. The number of hydrogen-bond acceptors (Lipinski definition) is 5. The second-order valence-electron chi connectivity index (χ2n) is 5.53. The summed E-state index contributed by atoms with van der Waals surface area (Å²) >= 11 is 0.855. The van der Waals surface area contributed by atoms with E-state index in [1.807, 2.05) is 0 Å². The maximum Gasteiger partial charge on any atom is 0.360 e. The Morgan fingerprint density at radius 3 is 2.70 bits per heavy atom. The van der Waals surface area contributed by atoms with E-state index in [4.69, 9.17) is 4.74 Å². The topological polar surface area (TPSA) is 80.3 Å². The molecule has 2 N–H and O–H groups in total. The quantitative estimate of drug-likeness (QED) is 0.743. The second-order valence-corrected chi connectivity index (χ2v) is 6.61. The van der Waals surface area contributed by atoms with Gasteiger partial charge in [0.2, 0.25) is 0 Å². The fourth-order valence-corrected chi connectivity index (χ4v) is 2.90. The number of rotatable bonds is 7. The summed E-state index contributed by atoms with van der Waals surface area (Å²) < 4.78 is 31.1. The smallest absolute Gasteiger partial charge is 0.360 e. The first kappa shape index (κ1) is 17.6. The number of esters is 1. The lowest BCUT2D eigenvalue weighted by molar-refractivity contribution is 0.0223. The largest absolute Gasteiger partial charge is 0.461 e. The molecule has 1 heterocycles. The summed E-state index contributed by atoms with van der Waals surface area (Å²) in [7, 11) is 0. The third kappa shape index (κ3) is 5.74. The number of aromatic nitrogens is 1. The number of halogens is 2. The van der Waals surface area contributed by atoms with Gasteiger partial charge >= 0.3 is 12.0 Å². The molecule has 2 rings (SSSR count). The van der Waals surface area contributed by atoms with Crippen molar-refractivity contribution in [3.8, 4) is 0 Å². The lowest BCUT2D eigenvalue weighted by Gasteiger charge is -2.06. The lowest BCUT2D eigenvalue weighted by atomic mass is 10.3. The van der Waals surface area contributed by atoms with Crippen LogP contribution in [0.3, 0.4) is 0 Å². The van der Waals surface area contributed by atoms with Crippen molar-refractivity contribution in [3.05, 3.63) is 10.7 Å². The highest BCUT2D eigenvalue weighted by Gasteiger charge is 2.28. The molecular formula is C14H19F2N3O3S.